The normalized spacial score (nSPS) is 19.2. The van der Waals surface area contributed by atoms with Gasteiger partial charge in [0.1, 0.15) is 11.5 Å². The van der Waals surface area contributed by atoms with Gasteiger partial charge in [-0.15, -0.1) is 12.4 Å². The topological polar surface area (TPSA) is 82.9 Å². The molecule has 0 saturated carbocycles. The standard InChI is InChI=1S/C21H23FN4O.ClH/c22-16-5-3-13(4-6-16)14-1-2-15-10-20(26-19(15)9-14)21(27)25-12-18-11-17(23)7-8-24-18;/h1-6,9-10,17-18,24,26H,7-8,11-12,23H2,(H,25,27);1H. The fraction of sp³-hybridized carbons (Fsp3) is 0.286. The minimum absolute atomic E-state index is 0. The largest absolute Gasteiger partial charge is 0.351 e. The van der Waals surface area contributed by atoms with Gasteiger partial charge >= 0.3 is 0 Å². The molecule has 2 atom stereocenters. The fourth-order valence-corrected chi connectivity index (χ4v) is 3.58. The van der Waals surface area contributed by atoms with Crippen LogP contribution in [0.3, 0.4) is 0 Å². The van der Waals surface area contributed by atoms with E-state index in [1.165, 1.54) is 12.1 Å². The number of piperidine rings is 1. The number of hydrogen-bond donors (Lipinski definition) is 4. The van der Waals surface area contributed by atoms with Crippen LogP contribution in [0.1, 0.15) is 23.3 Å². The zero-order valence-corrected chi connectivity index (χ0v) is 16.2. The molecule has 2 heterocycles. The van der Waals surface area contributed by atoms with Gasteiger partial charge < -0.3 is 21.4 Å². The number of carbonyl (C=O) groups is 1. The van der Waals surface area contributed by atoms with E-state index in [-0.39, 0.29) is 36.2 Å². The maximum Gasteiger partial charge on any atom is 0.267 e. The van der Waals surface area contributed by atoms with Gasteiger partial charge in [-0.05, 0) is 54.8 Å². The molecule has 0 spiro atoms. The van der Waals surface area contributed by atoms with Crippen molar-refractivity contribution < 1.29 is 9.18 Å². The average Bonchev–Trinajstić information content (AvgIpc) is 3.10. The molecule has 1 aromatic heterocycles. The average molecular weight is 403 g/mol. The van der Waals surface area contributed by atoms with Crippen molar-refractivity contribution in [3.63, 3.8) is 0 Å². The molecular formula is C21H24ClFN4O. The van der Waals surface area contributed by atoms with Crippen LogP contribution < -0.4 is 16.4 Å². The molecule has 5 N–H and O–H groups in total. The second-order valence-corrected chi connectivity index (χ2v) is 7.14. The lowest BCUT2D eigenvalue weighted by Crippen LogP contribution is -2.49. The Kier molecular flexibility index (Phi) is 6.34. The van der Waals surface area contributed by atoms with Gasteiger partial charge in [-0.1, -0.05) is 24.3 Å². The zero-order chi connectivity index (χ0) is 18.8. The minimum Gasteiger partial charge on any atom is -0.351 e. The number of aromatic nitrogens is 1. The molecule has 148 valence electrons. The van der Waals surface area contributed by atoms with Crippen molar-refractivity contribution >= 4 is 29.2 Å². The molecule has 28 heavy (non-hydrogen) atoms. The highest BCUT2D eigenvalue weighted by Gasteiger charge is 2.19. The summed E-state index contributed by atoms with van der Waals surface area (Å²) in [7, 11) is 0. The lowest BCUT2D eigenvalue weighted by atomic mass is 10.0. The van der Waals surface area contributed by atoms with Gasteiger partial charge in [-0.2, -0.15) is 0 Å². The molecule has 1 fully saturated rings. The monoisotopic (exact) mass is 402 g/mol. The molecule has 7 heteroatoms. The number of hydrogen-bond acceptors (Lipinski definition) is 3. The highest BCUT2D eigenvalue weighted by atomic mass is 35.5. The zero-order valence-electron chi connectivity index (χ0n) is 15.4. The number of fused-ring (bicyclic) bond motifs is 1. The Bertz CT molecular complexity index is 957. The summed E-state index contributed by atoms with van der Waals surface area (Å²) in [6.45, 7) is 1.45. The summed E-state index contributed by atoms with van der Waals surface area (Å²) >= 11 is 0. The lowest BCUT2D eigenvalue weighted by molar-refractivity contribution is 0.0943. The van der Waals surface area contributed by atoms with E-state index in [2.05, 4.69) is 15.6 Å². The molecule has 3 aromatic rings. The molecule has 5 nitrogen and oxygen atoms in total. The number of amides is 1. The van der Waals surface area contributed by atoms with Crippen molar-refractivity contribution in [3.05, 3.63) is 60.0 Å². The Balaban J connectivity index is 0.00000225. The van der Waals surface area contributed by atoms with Crippen molar-refractivity contribution in [2.75, 3.05) is 13.1 Å². The highest BCUT2D eigenvalue weighted by Crippen LogP contribution is 2.25. The van der Waals surface area contributed by atoms with Gasteiger partial charge in [0.15, 0.2) is 0 Å². The quantitative estimate of drug-likeness (QED) is 0.540. The van der Waals surface area contributed by atoms with Gasteiger partial charge in [-0.25, -0.2) is 4.39 Å². The number of nitrogens with two attached hydrogens (primary N) is 1. The second-order valence-electron chi connectivity index (χ2n) is 7.14. The molecule has 0 bridgehead atoms. The van der Waals surface area contributed by atoms with E-state index in [0.29, 0.717) is 12.2 Å². The predicted molar refractivity (Wildman–Crippen MR) is 112 cm³/mol. The summed E-state index contributed by atoms with van der Waals surface area (Å²) in [5.41, 5.74) is 9.29. The van der Waals surface area contributed by atoms with Crippen molar-refractivity contribution in [2.24, 2.45) is 5.73 Å². The molecule has 1 saturated heterocycles. The van der Waals surface area contributed by atoms with Crippen LogP contribution in [0.5, 0.6) is 0 Å². The maximum atomic E-state index is 13.1. The second kappa shape index (κ2) is 8.73. The summed E-state index contributed by atoms with van der Waals surface area (Å²) in [4.78, 5) is 15.7. The Morgan fingerprint density at radius 3 is 2.64 bits per heavy atom. The van der Waals surface area contributed by atoms with E-state index in [9.17, 15) is 9.18 Å². The first kappa shape index (κ1) is 20.3. The SMILES string of the molecule is Cl.NC1CCNC(CNC(=O)c2cc3ccc(-c4ccc(F)cc4)cc3[nH]2)C1. The van der Waals surface area contributed by atoms with E-state index in [0.717, 1.165) is 41.4 Å². The Morgan fingerprint density at radius 2 is 1.89 bits per heavy atom. The van der Waals surface area contributed by atoms with Crippen LogP contribution in [-0.4, -0.2) is 36.1 Å². The van der Waals surface area contributed by atoms with Crippen LogP contribution in [0.2, 0.25) is 0 Å². The first-order chi connectivity index (χ1) is 13.1. The number of halogens is 2. The summed E-state index contributed by atoms with van der Waals surface area (Å²) < 4.78 is 13.1. The molecule has 0 aliphatic carbocycles. The summed E-state index contributed by atoms with van der Waals surface area (Å²) in [5, 5.41) is 7.32. The van der Waals surface area contributed by atoms with Crippen LogP contribution in [0.15, 0.2) is 48.5 Å². The Morgan fingerprint density at radius 1 is 1.14 bits per heavy atom. The third-order valence-corrected chi connectivity index (χ3v) is 5.09. The summed E-state index contributed by atoms with van der Waals surface area (Å²) in [6, 6.07) is 14.5. The van der Waals surface area contributed by atoms with Gasteiger partial charge in [0.2, 0.25) is 0 Å². The molecular weight excluding hydrogens is 379 g/mol. The predicted octanol–water partition coefficient (Wildman–Crippen LogP) is 3.20. The van der Waals surface area contributed by atoms with Crippen LogP contribution in [0.25, 0.3) is 22.0 Å². The Hall–Kier alpha value is -2.41. The van der Waals surface area contributed by atoms with Crippen LogP contribution in [0, 0.1) is 5.82 Å². The van der Waals surface area contributed by atoms with Crippen LogP contribution >= 0.6 is 12.4 Å². The highest BCUT2D eigenvalue weighted by molar-refractivity contribution is 5.98. The molecule has 1 aliphatic heterocycles. The van der Waals surface area contributed by atoms with E-state index >= 15 is 0 Å². The molecule has 2 aromatic carbocycles. The van der Waals surface area contributed by atoms with Crippen molar-refractivity contribution in [2.45, 2.75) is 24.9 Å². The first-order valence-corrected chi connectivity index (χ1v) is 9.24. The van der Waals surface area contributed by atoms with Crippen molar-refractivity contribution in [3.8, 4) is 11.1 Å². The summed E-state index contributed by atoms with van der Waals surface area (Å²) in [5.74, 6) is -0.387. The number of H-pyrrole nitrogens is 1. The molecule has 1 aliphatic rings. The number of benzene rings is 2. The lowest BCUT2D eigenvalue weighted by Gasteiger charge is -2.28. The number of carbonyl (C=O) groups excluding carboxylic acids is 1. The van der Waals surface area contributed by atoms with Gasteiger partial charge in [-0.3, -0.25) is 4.79 Å². The molecule has 1 amide bonds. The number of aromatic amines is 1. The van der Waals surface area contributed by atoms with E-state index in [4.69, 9.17) is 5.73 Å². The first-order valence-electron chi connectivity index (χ1n) is 9.24. The number of nitrogens with one attached hydrogen (secondary N) is 3. The van der Waals surface area contributed by atoms with Crippen molar-refractivity contribution in [1.29, 1.82) is 0 Å². The molecule has 0 radical (unpaired) electrons. The number of rotatable bonds is 4. The fourth-order valence-electron chi connectivity index (χ4n) is 3.58. The van der Waals surface area contributed by atoms with Gasteiger partial charge in [0.05, 0.1) is 0 Å². The molecule has 4 rings (SSSR count). The third kappa shape index (κ3) is 4.52. The van der Waals surface area contributed by atoms with Gasteiger partial charge in [0.25, 0.3) is 5.91 Å². The van der Waals surface area contributed by atoms with Crippen LogP contribution in [0.4, 0.5) is 4.39 Å². The van der Waals surface area contributed by atoms with Crippen LogP contribution in [-0.2, 0) is 0 Å². The summed E-state index contributed by atoms with van der Waals surface area (Å²) in [6.07, 6.45) is 1.84. The maximum absolute atomic E-state index is 13.1. The molecule has 2 unspecified atom stereocenters. The van der Waals surface area contributed by atoms with Crippen molar-refractivity contribution in [1.82, 2.24) is 15.6 Å². The smallest absolute Gasteiger partial charge is 0.267 e. The third-order valence-electron chi connectivity index (χ3n) is 5.09. The van der Waals surface area contributed by atoms with E-state index < -0.39 is 0 Å². The van der Waals surface area contributed by atoms with E-state index in [1.807, 2.05) is 24.3 Å². The Labute approximate surface area is 169 Å². The van der Waals surface area contributed by atoms with Gasteiger partial charge in [0, 0.05) is 29.5 Å². The minimum atomic E-state index is -0.257. The van der Waals surface area contributed by atoms with E-state index in [1.54, 1.807) is 12.1 Å².